The van der Waals surface area contributed by atoms with Crippen molar-refractivity contribution in [2.45, 2.75) is 85.4 Å². The van der Waals surface area contributed by atoms with Crippen LogP contribution in [0.25, 0.3) is 0 Å². The molecule has 0 saturated carbocycles. The third kappa shape index (κ3) is 11.2. The molecular formula is C25H47N3. The number of likely N-dealkylation sites (N-methyl/N-ethyl adjacent to an activating group) is 2. The summed E-state index contributed by atoms with van der Waals surface area (Å²) in [7, 11) is 4.50. The van der Waals surface area contributed by atoms with Crippen molar-refractivity contribution in [2.24, 2.45) is 5.92 Å². The highest BCUT2D eigenvalue weighted by molar-refractivity contribution is 5.22. The first-order chi connectivity index (χ1) is 13.5. The van der Waals surface area contributed by atoms with E-state index in [0.717, 1.165) is 32.1 Å². The molecule has 0 bridgehead atoms. The van der Waals surface area contributed by atoms with Crippen molar-refractivity contribution in [3.63, 3.8) is 0 Å². The minimum Gasteiger partial charge on any atom is -0.310 e. The Balaban J connectivity index is 2.29. The molecule has 0 aromatic heterocycles. The Labute approximate surface area is 175 Å². The van der Waals surface area contributed by atoms with Gasteiger partial charge in [0.05, 0.1) is 0 Å². The molecule has 3 nitrogen and oxygen atoms in total. The van der Waals surface area contributed by atoms with Crippen LogP contribution in [0.4, 0.5) is 0 Å². The minimum atomic E-state index is 0.606. The van der Waals surface area contributed by atoms with Crippen LogP contribution in [0.2, 0.25) is 0 Å². The van der Waals surface area contributed by atoms with E-state index in [1.807, 2.05) is 0 Å². The maximum Gasteiger partial charge on any atom is 0.0231 e. The van der Waals surface area contributed by atoms with Gasteiger partial charge in [-0.15, -0.1) is 0 Å². The number of hydrogen-bond donors (Lipinski definition) is 1. The van der Waals surface area contributed by atoms with Gasteiger partial charge in [-0.25, -0.2) is 0 Å². The van der Waals surface area contributed by atoms with Crippen LogP contribution in [0.1, 0.15) is 77.3 Å². The highest BCUT2D eigenvalue weighted by Gasteiger charge is 2.09. The predicted molar refractivity (Wildman–Crippen MR) is 125 cm³/mol. The summed E-state index contributed by atoms with van der Waals surface area (Å²) in [6.45, 7) is 14.7. The molecule has 0 heterocycles. The van der Waals surface area contributed by atoms with Crippen molar-refractivity contribution in [1.29, 1.82) is 0 Å². The molecule has 0 amide bonds. The van der Waals surface area contributed by atoms with Gasteiger partial charge in [0.25, 0.3) is 0 Å². The van der Waals surface area contributed by atoms with E-state index in [1.54, 1.807) is 0 Å². The molecule has 0 saturated heterocycles. The third-order valence-corrected chi connectivity index (χ3v) is 5.96. The summed E-state index contributed by atoms with van der Waals surface area (Å²) in [4.78, 5) is 4.93. The predicted octanol–water partition coefficient (Wildman–Crippen LogP) is 5.54. The molecule has 0 spiro atoms. The van der Waals surface area contributed by atoms with Gasteiger partial charge in [0.2, 0.25) is 0 Å². The Kier molecular flexibility index (Phi) is 13.5. The summed E-state index contributed by atoms with van der Waals surface area (Å²) in [5, 5.41) is 3.66. The Bertz CT molecular complexity index is 481. The maximum atomic E-state index is 3.66. The fraction of sp³-hybridized carbons (Fsp3) is 0.760. The molecule has 3 heteroatoms. The Morgan fingerprint density at radius 2 is 1.46 bits per heavy atom. The van der Waals surface area contributed by atoms with Crippen LogP contribution in [-0.4, -0.2) is 49.6 Å². The van der Waals surface area contributed by atoms with Gasteiger partial charge in [0.1, 0.15) is 0 Å². The van der Waals surface area contributed by atoms with Gasteiger partial charge in [-0.05, 0) is 44.5 Å². The molecule has 0 aliphatic carbocycles. The van der Waals surface area contributed by atoms with Crippen LogP contribution in [0.15, 0.2) is 24.3 Å². The zero-order valence-corrected chi connectivity index (χ0v) is 19.6. The molecule has 28 heavy (non-hydrogen) atoms. The highest BCUT2D eigenvalue weighted by atomic mass is 15.2. The van der Waals surface area contributed by atoms with Crippen molar-refractivity contribution in [1.82, 2.24) is 15.1 Å². The molecule has 1 aromatic rings. The lowest BCUT2D eigenvalue weighted by Gasteiger charge is -2.25. The molecule has 1 aromatic carbocycles. The number of benzene rings is 1. The zero-order chi connectivity index (χ0) is 20.8. The van der Waals surface area contributed by atoms with E-state index in [1.165, 1.54) is 56.2 Å². The van der Waals surface area contributed by atoms with E-state index in [9.17, 15) is 0 Å². The summed E-state index contributed by atoms with van der Waals surface area (Å²) < 4.78 is 0. The topological polar surface area (TPSA) is 18.5 Å². The van der Waals surface area contributed by atoms with Crippen molar-refractivity contribution in [3.05, 3.63) is 35.4 Å². The van der Waals surface area contributed by atoms with Gasteiger partial charge < -0.3 is 15.1 Å². The Hall–Kier alpha value is -0.900. The SMILES string of the molecule is CCCCCC(C)NCc1ccc(CN(C)CCN(C)CC(CC)CC)cc1. The smallest absolute Gasteiger partial charge is 0.0231 e. The summed E-state index contributed by atoms with van der Waals surface area (Å²) >= 11 is 0. The standard InChI is InChI=1S/C25H47N3/c1-7-10-11-12-22(4)26-19-24-13-15-25(16-14-24)21-28(6)18-17-27(5)20-23(8-2)9-3/h13-16,22-23,26H,7-12,17-21H2,1-6H3. The number of hydrogen-bond acceptors (Lipinski definition) is 3. The van der Waals surface area contributed by atoms with Crippen LogP contribution >= 0.6 is 0 Å². The van der Waals surface area contributed by atoms with Gasteiger partial charge >= 0.3 is 0 Å². The second-order valence-corrected chi connectivity index (χ2v) is 8.78. The van der Waals surface area contributed by atoms with E-state index >= 15 is 0 Å². The third-order valence-electron chi connectivity index (χ3n) is 5.96. The van der Waals surface area contributed by atoms with Crippen LogP contribution < -0.4 is 5.32 Å². The van der Waals surface area contributed by atoms with Crippen LogP contribution in [0, 0.1) is 5.92 Å². The molecule has 0 fully saturated rings. The average molecular weight is 390 g/mol. The largest absolute Gasteiger partial charge is 0.310 e. The lowest BCUT2D eigenvalue weighted by Crippen LogP contribution is -2.33. The first-order valence-electron chi connectivity index (χ1n) is 11.7. The molecular weight excluding hydrogens is 342 g/mol. The van der Waals surface area contributed by atoms with Crippen LogP contribution in [-0.2, 0) is 13.1 Å². The average Bonchev–Trinajstić information content (AvgIpc) is 2.70. The molecule has 0 radical (unpaired) electrons. The maximum absolute atomic E-state index is 3.66. The van der Waals surface area contributed by atoms with E-state index in [-0.39, 0.29) is 0 Å². The number of nitrogens with one attached hydrogen (secondary N) is 1. The summed E-state index contributed by atoms with van der Waals surface area (Å²) in [6.07, 6.45) is 7.84. The van der Waals surface area contributed by atoms with Gasteiger partial charge in [-0.2, -0.15) is 0 Å². The molecule has 1 N–H and O–H groups in total. The highest BCUT2D eigenvalue weighted by Crippen LogP contribution is 2.10. The van der Waals surface area contributed by atoms with E-state index in [2.05, 4.69) is 81.2 Å². The fourth-order valence-corrected chi connectivity index (χ4v) is 3.67. The van der Waals surface area contributed by atoms with Crippen molar-refractivity contribution < 1.29 is 0 Å². The van der Waals surface area contributed by atoms with Crippen LogP contribution in [0.5, 0.6) is 0 Å². The first-order valence-corrected chi connectivity index (χ1v) is 11.7. The molecule has 162 valence electrons. The normalized spacial score (nSPS) is 13.0. The fourth-order valence-electron chi connectivity index (χ4n) is 3.67. The summed E-state index contributed by atoms with van der Waals surface area (Å²) in [5.41, 5.74) is 2.79. The summed E-state index contributed by atoms with van der Waals surface area (Å²) in [5.74, 6) is 0.839. The Morgan fingerprint density at radius 3 is 2.07 bits per heavy atom. The number of unbranched alkanes of at least 4 members (excludes halogenated alkanes) is 2. The van der Waals surface area contributed by atoms with Crippen LogP contribution in [0.3, 0.4) is 0 Å². The van der Waals surface area contributed by atoms with Gasteiger partial charge in [0, 0.05) is 38.8 Å². The van der Waals surface area contributed by atoms with Gasteiger partial charge in [0.15, 0.2) is 0 Å². The Morgan fingerprint density at radius 1 is 0.857 bits per heavy atom. The zero-order valence-electron chi connectivity index (χ0n) is 19.6. The molecule has 0 aliphatic rings. The van der Waals surface area contributed by atoms with E-state index in [0.29, 0.717) is 6.04 Å². The lowest BCUT2D eigenvalue weighted by atomic mass is 10.0. The van der Waals surface area contributed by atoms with E-state index in [4.69, 9.17) is 0 Å². The quantitative estimate of drug-likeness (QED) is 0.374. The van der Waals surface area contributed by atoms with Crippen molar-refractivity contribution in [3.8, 4) is 0 Å². The second kappa shape index (κ2) is 15.0. The van der Waals surface area contributed by atoms with Gasteiger partial charge in [-0.1, -0.05) is 77.1 Å². The molecule has 0 aliphatic heterocycles. The summed E-state index contributed by atoms with van der Waals surface area (Å²) in [6, 6.07) is 9.77. The molecule has 1 atom stereocenters. The van der Waals surface area contributed by atoms with Crippen molar-refractivity contribution in [2.75, 3.05) is 33.7 Å². The molecule has 1 rings (SSSR count). The second-order valence-electron chi connectivity index (χ2n) is 8.78. The lowest BCUT2D eigenvalue weighted by molar-refractivity contribution is 0.222. The minimum absolute atomic E-state index is 0.606. The van der Waals surface area contributed by atoms with Crippen molar-refractivity contribution >= 4 is 0 Å². The number of nitrogens with zero attached hydrogens (tertiary/aromatic N) is 2. The number of rotatable bonds is 16. The van der Waals surface area contributed by atoms with Gasteiger partial charge in [-0.3, -0.25) is 0 Å². The monoisotopic (exact) mass is 389 g/mol. The van der Waals surface area contributed by atoms with E-state index < -0.39 is 0 Å². The molecule has 1 unspecified atom stereocenters. The first kappa shape index (κ1) is 25.1.